The molecule has 0 amide bonds. The molecule has 2 nitrogen and oxygen atoms in total. The monoisotopic (exact) mass is 396 g/mol. The molecule has 158 valence electrons. The molecule has 3 aliphatic rings. The van der Waals surface area contributed by atoms with Crippen LogP contribution >= 0.6 is 0 Å². The fraction of sp³-hybridized carbons (Fsp3) is 1.00. The van der Waals surface area contributed by atoms with Crippen molar-refractivity contribution in [3.8, 4) is 0 Å². The van der Waals surface area contributed by atoms with E-state index < -0.39 is 14.6 Å². The molecule has 0 aromatic rings. The van der Waals surface area contributed by atoms with E-state index in [4.69, 9.17) is 0 Å². The van der Waals surface area contributed by atoms with Crippen molar-refractivity contribution in [2.75, 3.05) is 5.75 Å². The Morgan fingerprint density at radius 2 is 1.22 bits per heavy atom. The van der Waals surface area contributed by atoms with E-state index in [1.165, 1.54) is 25.7 Å². The molecule has 2 saturated carbocycles. The first-order chi connectivity index (χ1) is 12.6. The molecule has 3 fully saturated rings. The largest absolute Gasteiger partial charge is 0.228 e. The van der Waals surface area contributed by atoms with Crippen molar-refractivity contribution in [1.82, 2.24) is 0 Å². The van der Waals surface area contributed by atoms with Crippen LogP contribution in [-0.2, 0) is 9.84 Å². The molecule has 27 heavy (non-hydrogen) atoms. The Bertz CT molecular complexity index is 574. The molecule has 1 saturated heterocycles. The average molecular weight is 397 g/mol. The maximum Gasteiger partial charge on any atom is 0.156 e. The summed E-state index contributed by atoms with van der Waals surface area (Å²) >= 11 is 0. The summed E-state index contributed by atoms with van der Waals surface area (Å²) in [4.78, 5) is 0. The highest BCUT2D eigenvalue weighted by atomic mass is 32.2. The summed E-state index contributed by atoms with van der Waals surface area (Å²) in [5, 5.41) is 0. The molecule has 6 unspecified atom stereocenters. The van der Waals surface area contributed by atoms with E-state index >= 15 is 0 Å². The van der Waals surface area contributed by atoms with Crippen LogP contribution in [0.1, 0.15) is 92.9 Å². The van der Waals surface area contributed by atoms with Crippen molar-refractivity contribution in [2.24, 2.45) is 47.3 Å². The van der Waals surface area contributed by atoms with Gasteiger partial charge in [-0.05, 0) is 85.9 Å². The smallest absolute Gasteiger partial charge is 0.156 e. The maximum atomic E-state index is 13.8. The van der Waals surface area contributed by atoms with Crippen LogP contribution in [0.3, 0.4) is 0 Å². The van der Waals surface area contributed by atoms with Crippen LogP contribution in [-0.4, -0.2) is 18.9 Å². The molecule has 3 heteroatoms. The molecule has 3 rings (SSSR count). The first-order valence-electron chi connectivity index (χ1n) is 11.8. The lowest BCUT2D eigenvalue weighted by Gasteiger charge is -2.54. The quantitative estimate of drug-likeness (QED) is 0.555. The van der Waals surface area contributed by atoms with Crippen LogP contribution in [0.5, 0.6) is 0 Å². The fourth-order valence-electron chi connectivity index (χ4n) is 7.52. The highest BCUT2D eigenvalue weighted by Gasteiger charge is 2.62. The van der Waals surface area contributed by atoms with Gasteiger partial charge in [0.15, 0.2) is 9.84 Å². The van der Waals surface area contributed by atoms with Crippen molar-refractivity contribution < 1.29 is 8.42 Å². The van der Waals surface area contributed by atoms with E-state index in [-0.39, 0.29) is 0 Å². The van der Waals surface area contributed by atoms with E-state index in [9.17, 15) is 8.42 Å². The summed E-state index contributed by atoms with van der Waals surface area (Å²) in [5.41, 5.74) is 0. The molecular formula is C24H44O2S. The topological polar surface area (TPSA) is 34.1 Å². The third-order valence-corrected chi connectivity index (χ3v) is 11.7. The van der Waals surface area contributed by atoms with Gasteiger partial charge in [-0.25, -0.2) is 8.42 Å². The van der Waals surface area contributed by atoms with E-state index in [2.05, 4.69) is 41.5 Å². The highest BCUT2D eigenvalue weighted by Crippen LogP contribution is 2.59. The van der Waals surface area contributed by atoms with Crippen molar-refractivity contribution in [3.63, 3.8) is 0 Å². The Morgan fingerprint density at radius 1 is 0.778 bits per heavy atom. The minimum absolute atomic E-state index is 0.380. The summed E-state index contributed by atoms with van der Waals surface area (Å²) in [6.07, 6.45) is 9.14. The molecule has 6 atom stereocenters. The second-order valence-corrected chi connectivity index (χ2v) is 13.6. The lowest BCUT2D eigenvalue weighted by Crippen LogP contribution is -2.57. The lowest BCUT2D eigenvalue weighted by atomic mass is 9.55. The summed E-state index contributed by atoms with van der Waals surface area (Å²) in [7, 11) is -3.03. The van der Waals surface area contributed by atoms with Crippen LogP contribution in [0.4, 0.5) is 0 Å². The average Bonchev–Trinajstić information content (AvgIpc) is 2.89. The van der Waals surface area contributed by atoms with Gasteiger partial charge < -0.3 is 0 Å². The maximum absolute atomic E-state index is 13.8. The van der Waals surface area contributed by atoms with Crippen LogP contribution in [0.2, 0.25) is 0 Å². The van der Waals surface area contributed by atoms with E-state index in [0.29, 0.717) is 53.1 Å². The van der Waals surface area contributed by atoms with Gasteiger partial charge in [0.1, 0.15) is 0 Å². The first kappa shape index (κ1) is 21.7. The minimum Gasteiger partial charge on any atom is -0.228 e. The molecular weight excluding hydrogens is 352 g/mol. The first-order valence-corrected chi connectivity index (χ1v) is 13.5. The molecule has 0 aromatic carbocycles. The molecule has 0 radical (unpaired) electrons. The molecule has 2 aliphatic carbocycles. The summed E-state index contributed by atoms with van der Waals surface area (Å²) in [5.74, 6) is 4.90. The Kier molecular flexibility index (Phi) is 6.41. The number of sulfone groups is 1. The Labute approximate surface area is 169 Å². The van der Waals surface area contributed by atoms with Gasteiger partial charge in [0.25, 0.3) is 0 Å². The summed E-state index contributed by atoms with van der Waals surface area (Å²) in [6, 6.07) is 0. The van der Waals surface area contributed by atoms with Gasteiger partial charge in [0.2, 0.25) is 0 Å². The number of rotatable bonds is 4. The van der Waals surface area contributed by atoms with Crippen molar-refractivity contribution in [2.45, 2.75) is 97.7 Å². The van der Waals surface area contributed by atoms with Crippen molar-refractivity contribution >= 4 is 9.84 Å². The number of hydrogen-bond donors (Lipinski definition) is 0. The van der Waals surface area contributed by atoms with Crippen LogP contribution in [0.25, 0.3) is 0 Å². The van der Waals surface area contributed by atoms with E-state index in [1.54, 1.807) is 0 Å². The van der Waals surface area contributed by atoms with Crippen molar-refractivity contribution in [1.29, 1.82) is 0 Å². The zero-order valence-corrected chi connectivity index (χ0v) is 19.5. The normalized spacial score (nSPS) is 45.5. The Hall–Kier alpha value is -0.0500. The molecule has 0 bridgehead atoms. The van der Waals surface area contributed by atoms with Gasteiger partial charge in [-0.3, -0.25) is 0 Å². The molecule has 0 spiro atoms. The molecule has 1 aliphatic heterocycles. The van der Waals surface area contributed by atoms with E-state index in [1.807, 2.05) is 0 Å². The van der Waals surface area contributed by atoms with Gasteiger partial charge in [-0.1, -0.05) is 54.4 Å². The van der Waals surface area contributed by atoms with Gasteiger partial charge in [0.05, 0.1) is 10.5 Å². The van der Waals surface area contributed by atoms with Gasteiger partial charge in [-0.15, -0.1) is 0 Å². The van der Waals surface area contributed by atoms with E-state index in [0.717, 1.165) is 25.7 Å². The Balaban J connectivity index is 2.12. The highest BCUT2D eigenvalue weighted by molar-refractivity contribution is 7.93. The van der Waals surface area contributed by atoms with Gasteiger partial charge in [-0.2, -0.15) is 0 Å². The Morgan fingerprint density at radius 3 is 1.56 bits per heavy atom. The third-order valence-electron chi connectivity index (χ3n) is 8.86. The predicted octanol–water partition coefficient (Wildman–Crippen LogP) is 6.35. The summed E-state index contributed by atoms with van der Waals surface area (Å²) < 4.78 is 27.2. The van der Waals surface area contributed by atoms with Gasteiger partial charge >= 0.3 is 0 Å². The molecule has 0 N–H and O–H groups in total. The van der Waals surface area contributed by atoms with Crippen LogP contribution in [0.15, 0.2) is 0 Å². The predicted molar refractivity (Wildman–Crippen MR) is 115 cm³/mol. The SMILES string of the molecule is CC1CCC(C(C)C)C(C2(C3CC(C)CCC3C(C)C)CCCS2(=O)=O)C1. The van der Waals surface area contributed by atoms with Crippen LogP contribution in [0, 0.1) is 47.3 Å². The second kappa shape index (κ2) is 8.00. The number of hydrogen-bond acceptors (Lipinski definition) is 2. The minimum atomic E-state index is -3.03. The lowest BCUT2D eigenvalue weighted by molar-refractivity contribution is 0.0221. The zero-order valence-electron chi connectivity index (χ0n) is 18.7. The zero-order chi connectivity index (χ0) is 20.0. The standard InChI is InChI=1S/C24H44O2S/c1-16(2)20-10-8-18(5)14-22(20)24(12-7-13-27(24,25)26)23-15-19(6)9-11-21(23)17(3)4/h16-23H,7-15H2,1-6H3. The van der Waals surface area contributed by atoms with Crippen molar-refractivity contribution in [3.05, 3.63) is 0 Å². The molecule has 0 aromatic heterocycles. The fourth-order valence-corrected chi connectivity index (χ4v) is 10.3. The van der Waals surface area contributed by atoms with Crippen LogP contribution < -0.4 is 0 Å². The third kappa shape index (κ3) is 3.76. The second-order valence-electron chi connectivity index (χ2n) is 11.2. The summed E-state index contributed by atoms with van der Waals surface area (Å²) in [6.45, 7) is 14.1. The molecule has 1 heterocycles. The van der Waals surface area contributed by atoms with Gasteiger partial charge in [0, 0.05) is 0 Å².